The molecule has 3 atom stereocenters. The van der Waals surface area contributed by atoms with Gasteiger partial charge in [-0.2, -0.15) is 0 Å². The maximum absolute atomic E-state index is 11.2. The molecule has 0 aromatic heterocycles. The molecule has 0 aromatic carbocycles. The fourth-order valence-corrected chi connectivity index (χ4v) is 2.44. The zero-order valence-corrected chi connectivity index (χ0v) is 8.89. The molecule has 4 heteroatoms. The molecule has 1 fully saturated rings. The summed E-state index contributed by atoms with van der Waals surface area (Å²) in [7, 11) is 0. The van der Waals surface area contributed by atoms with Crippen LogP contribution in [0.1, 0.15) is 12.8 Å². The topological polar surface area (TPSA) is 63.6 Å². The summed E-state index contributed by atoms with van der Waals surface area (Å²) in [6, 6.07) is 0. The van der Waals surface area contributed by atoms with Gasteiger partial charge in [0.15, 0.2) is 0 Å². The Morgan fingerprint density at radius 2 is 2.12 bits per heavy atom. The normalized spacial score (nSPS) is 30.4. The number of carboxylic acids is 1. The first kappa shape index (κ1) is 10.9. The molecule has 0 saturated heterocycles. The van der Waals surface area contributed by atoms with Gasteiger partial charge in [0.2, 0.25) is 0 Å². The predicted molar refractivity (Wildman–Crippen MR) is 56.6 cm³/mol. The first-order valence-electron chi connectivity index (χ1n) is 5.35. The van der Waals surface area contributed by atoms with Gasteiger partial charge in [-0.25, -0.2) is 9.59 Å². The SMILES string of the molecule is C=C(C(=O)O)C(=O)OCC1CC2C=CC1C2. The Kier molecular flexibility index (Phi) is 2.81. The van der Waals surface area contributed by atoms with E-state index < -0.39 is 17.5 Å². The molecule has 2 aliphatic carbocycles. The fourth-order valence-electron chi connectivity index (χ4n) is 2.44. The first-order chi connectivity index (χ1) is 7.58. The number of esters is 1. The summed E-state index contributed by atoms with van der Waals surface area (Å²) in [4.78, 5) is 21.7. The van der Waals surface area contributed by atoms with Gasteiger partial charge in [-0.15, -0.1) is 0 Å². The average molecular weight is 222 g/mol. The summed E-state index contributed by atoms with van der Waals surface area (Å²) >= 11 is 0. The standard InChI is InChI=1S/C12H14O4/c1-7(11(13)14)12(15)16-6-10-5-8-2-3-9(10)4-8/h2-3,8-10H,1,4-6H2,(H,13,14). The summed E-state index contributed by atoms with van der Waals surface area (Å²) in [5.74, 6) is -0.676. The van der Waals surface area contributed by atoms with Gasteiger partial charge >= 0.3 is 11.9 Å². The smallest absolute Gasteiger partial charge is 0.344 e. The fraction of sp³-hybridized carbons (Fsp3) is 0.500. The summed E-state index contributed by atoms with van der Waals surface area (Å²) in [5.41, 5.74) is -0.501. The third-order valence-corrected chi connectivity index (χ3v) is 3.35. The lowest BCUT2D eigenvalue weighted by Crippen LogP contribution is -2.20. The molecule has 1 saturated carbocycles. The van der Waals surface area contributed by atoms with Gasteiger partial charge in [-0.1, -0.05) is 18.7 Å². The third kappa shape index (κ3) is 2.01. The second-order valence-electron chi connectivity index (χ2n) is 4.42. The van der Waals surface area contributed by atoms with E-state index in [0.29, 0.717) is 24.4 Å². The number of carbonyl (C=O) groups excluding carboxylic acids is 1. The number of carbonyl (C=O) groups is 2. The van der Waals surface area contributed by atoms with Gasteiger partial charge in [0.05, 0.1) is 6.61 Å². The summed E-state index contributed by atoms with van der Waals surface area (Å²) < 4.78 is 4.95. The van der Waals surface area contributed by atoms with E-state index in [0.717, 1.165) is 12.8 Å². The van der Waals surface area contributed by atoms with Gasteiger partial charge in [-0.3, -0.25) is 0 Å². The quantitative estimate of drug-likeness (QED) is 0.256. The molecular weight excluding hydrogens is 208 g/mol. The third-order valence-electron chi connectivity index (χ3n) is 3.35. The molecule has 3 unspecified atom stereocenters. The van der Waals surface area contributed by atoms with E-state index in [9.17, 15) is 9.59 Å². The Balaban J connectivity index is 1.80. The summed E-state index contributed by atoms with van der Waals surface area (Å²) in [5, 5.41) is 8.54. The van der Waals surface area contributed by atoms with Gasteiger partial charge in [0.25, 0.3) is 0 Å². The number of ether oxygens (including phenoxy) is 1. The highest BCUT2D eigenvalue weighted by Crippen LogP contribution is 2.43. The summed E-state index contributed by atoms with van der Waals surface area (Å²) in [6.45, 7) is 3.46. The van der Waals surface area contributed by atoms with Crippen LogP contribution in [0.4, 0.5) is 0 Å². The lowest BCUT2D eigenvalue weighted by Gasteiger charge is -2.17. The zero-order chi connectivity index (χ0) is 11.7. The molecular formula is C12H14O4. The highest BCUT2D eigenvalue weighted by atomic mass is 16.5. The molecule has 1 N–H and O–H groups in total. The van der Waals surface area contributed by atoms with Crippen LogP contribution >= 0.6 is 0 Å². The molecule has 2 rings (SSSR count). The van der Waals surface area contributed by atoms with Gasteiger partial charge in [0, 0.05) is 0 Å². The molecule has 86 valence electrons. The Morgan fingerprint density at radius 3 is 2.62 bits per heavy atom. The van der Waals surface area contributed by atoms with Crippen molar-refractivity contribution in [3.05, 3.63) is 24.3 Å². The summed E-state index contributed by atoms with van der Waals surface area (Å²) in [6.07, 6.45) is 6.55. The van der Waals surface area contributed by atoms with E-state index >= 15 is 0 Å². The van der Waals surface area contributed by atoms with Crippen molar-refractivity contribution < 1.29 is 19.4 Å². The van der Waals surface area contributed by atoms with Crippen LogP contribution in [0.5, 0.6) is 0 Å². The van der Waals surface area contributed by atoms with Crippen LogP contribution in [0.15, 0.2) is 24.3 Å². The number of fused-ring (bicyclic) bond motifs is 2. The monoisotopic (exact) mass is 222 g/mol. The molecule has 2 bridgehead atoms. The first-order valence-corrected chi connectivity index (χ1v) is 5.35. The lowest BCUT2D eigenvalue weighted by molar-refractivity contribution is -0.145. The number of carboxylic acid groups (broad SMARTS) is 1. The van der Waals surface area contributed by atoms with Crippen molar-refractivity contribution in [2.24, 2.45) is 17.8 Å². The van der Waals surface area contributed by atoms with E-state index in [1.54, 1.807) is 0 Å². The van der Waals surface area contributed by atoms with Crippen molar-refractivity contribution >= 4 is 11.9 Å². The number of hydrogen-bond donors (Lipinski definition) is 1. The molecule has 0 aliphatic heterocycles. The van der Waals surface area contributed by atoms with E-state index in [2.05, 4.69) is 18.7 Å². The number of allylic oxidation sites excluding steroid dienone is 2. The van der Waals surface area contributed by atoms with Crippen molar-refractivity contribution in [2.75, 3.05) is 6.61 Å². The van der Waals surface area contributed by atoms with Crippen LogP contribution in [-0.2, 0) is 14.3 Å². The molecule has 0 spiro atoms. The van der Waals surface area contributed by atoms with Crippen LogP contribution in [0.3, 0.4) is 0 Å². The Morgan fingerprint density at radius 1 is 1.38 bits per heavy atom. The highest BCUT2D eigenvalue weighted by Gasteiger charge is 2.36. The molecule has 4 nitrogen and oxygen atoms in total. The van der Waals surface area contributed by atoms with Crippen molar-refractivity contribution in [1.29, 1.82) is 0 Å². The van der Waals surface area contributed by atoms with Crippen LogP contribution in [0, 0.1) is 17.8 Å². The Hall–Kier alpha value is -1.58. The van der Waals surface area contributed by atoms with E-state index in [-0.39, 0.29) is 0 Å². The van der Waals surface area contributed by atoms with Gasteiger partial charge < -0.3 is 9.84 Å². The minimum Gasteiger partial charge on any atom is -0.477 e. The van der Waals surface area contributed by atoms with E-state index in [1.807, 2.05) is 0 Å². The zero-order valence-electron chi connectivity index (χ0n) is 8.89. The van der Waals surface area contributed by atoms with Crippen molar-refractivity contribution in [1.82, 2.24) is 0 Å². The number of hydrogen-bond acceptors (Lipinski definition) is 3. The molecule has 0 amide bonds. The van der Waals surface area contributed by atoms with Gasteiger partial charge in [-0.05, 0) is 30.6 Å². The number of aliphatic carboxylic acids is 1. The molecule has 0 heterocycles. The molecule has 2 aliphatic rings. The van der Waals surface area contributed by atoms with E-state index in [4.69, 9.17) is 9.84 Å². The predicted octanol–water partition coefficient (Wildman–Crippen LogP) is 1.38. The maximum Gasteiger partial charge on any atom is 0.344 e. The molecule has 0 aromatic rings. The second-order valence-corrected chi connectivity index (χ2v) is 4.42. The lowest BCUT2D eigenvalue weighted by atomic mass is 9.95. The molecule has 16 heavy (non-hydrogen) atoms. The Bertz CT molecular complexity index is 369. The Labute approximate surface area is 93.6 Å². The number of rotatable bonds is 4. The average Bonchev–Trinajstić information content (AvgIpc) is 2.86. The van der Waals surface area contributed by atoms with Crippen molar-refractivity contribution in [3.8, 4) is 0 Å². The van der Waals surface area contributed by atoms with Crippen LogP contribution in [0.25, 0.3) is 0 Å². The van der Waals surface area contributed by atoms with Gasteiger partial charge in [0.1, 0.15) is 5.57 Å². The van der Waals surface area contributed by atoms with Crippen LogP contribution < -0.4 is 0 Å². The van der Waals surface area contributed by atoms with Crippen LogP contribution in [-0.4, -0.2) is 23.7 Å². The largest absolute Gasteiger partial charge is 0.477 e. The minimum absolute atomic E-state index is 0.302. The highest BCUT2D eigenvalue weighted by molar-refractivity contribution is 6.12. The van der Waals surface area contributed by atoms with Crippen molar-refractivity contribution in [3.63, 3.8) is 0 Å². The van der Waals surface area contributed by atoms with E-state index in [1.165, 1.54) is 0 Å². The molecule has 0 radical (unpaired) electrons. The van der Waals surface area contributed by atoms with Crippen molar-refractivity contribution in [2.45, 2.75) is 12.8 Å². The second kappa shape index (κ2) is 4.12. The maximum atomic E-state index is 11.2. The van der Waals surface area contributed by atoms with Crippen LogP contribution in [0.2, 0.25) is 0 Å². The minimum atomic E-state index is -1.32.